The van der Waals surface area contributed by atoms with Gasteiger partial charge in [-0.15, -0.1) is 12.4 Å². The Morgan fingerprint density at radius 2 is 1.88 bits per heavy atom. The molecule has 1 aliphatic heterocycles. The molecular formula is C18H25Cl2N3O3. The number of nitrogens with two attached hydrogens (primary N) is 1. The van der Waals surface area contributed by atoms with Crippen molar-refractivity contribution in [2.45, 2.75) is 25.7 Å². The highest BCUT2D eigenvalue weighted by molar-refractivity contribution is 6.30. The second-order valence-electron chi connectivity index (χ2n) is 6.19. The van der Waals surface area contributed by atoms with Crippen molar-refractivity contribution in [3.05, 3.63) is 34.9 Å². The van der Waals surface area contributed by atoms with Crippen LogP contribution in [0, 0.1) is 5.92 Å². The zero-order valence-electron chi connectivity index (χ0n) is 14.6. The van der Waals surface area contributed by atoms with E-state index in [0.717, 1.165) is 12.8 Å². The Morgan fingerprint density at radius 1 is 1.19 bits per heavy atom. The van der Waals surface area contributed by atoms with Crippen LogP contribution in [-0.4, -0.2) is 48.7 Å². The maximum absolute atomic E-state index is 12.4. The molecule has 1 aliphatic rings. The molecular weight excluding hydrogens is 377 g/mol. The number of amides is 2. The molecule has 1 heterocycles. The van der Waals surface area contributed by atoms with E-state index >= 15 is 0 Å². The number of carbonyl (C=O) groups is 3. The first-order chi connectivity index (χ1) is 12.0. The minimum Gasteiger partial charge on any atom is -0.355 e. The lowest BCUT2D eigenvalue weighted by atomic mass is 9.96. The zero-order valence-corrected chi connectivity index (χ0v) is 16.2. The summed E-state index contributed by atoms with van der Waals surface area (Å²) in [6.45, 7) is 1.88. The van der Waals surface area contributed by atoms with Crippen LogP contribution in [0.4, 0.5) is 0 Å². The summed E-state index contributed by atoms with van der Waals surface area (Å²) in [6.07, 6.45) is 1.86. The molecule has 0 saturated carbocycles. The molecule has 0 bridgehead atoms. The Hall–Kier alpha value is -1.63. The number of Topliss-reactive ketones (excluding diaryl/α,β-unsaturated/α-hetero) is 1. The summed E-state index contributed by atoms with van der Waals surface area (Å²) < 4.78 is 0. The summed E-state index contributed by atoms with van der Waals surface area (Å²) in [6, 6.07) is 6.64. The van der Waals surface area contributed by atoms with Gasteiger partial charge in [-0.2, -0.15) is 0 Å². The molecule has 0 aliphatic carbocycles. The fraction of sp³-hybridized carbons (Fsp3) is 0.500. The molecule has 0 radical (unpaired) electrons. The van der Waals surface area contributed by atoms with Crippen molar-refractivity contribution in [2.24, 2.45) is 11.7 Å². The molecule has 2 amide bonds. The number of hydrogen-bond acceptors (Lipinski definition) is 4. The first-order valence-corrected chi connectivity index (χ1v) is 8.93. The smallest absolute Gasteiger partial charge is 0.224 e. The molecule has 1 saturated heterocycles. The lowest BCUT2D eigenvalue weighted by molar-refractivity contribution is -0.135. The van der Waals surface area contributed by atoms with E-state index in [1.54, 1.807) is 29.2 Å². The first-order valence-electron chi connectivity index (χ1n) is 8.55. The van der Waals surface area contributed by atoms with E-state index < -0.39 is 0 Å². The maximum Gasteiger partial charge on any atom is 0.224 e. The Morgan fingerprint density at radius 3 is 2.54 bits per heavy atom. The number of rotatable bonds is 7. The quantitative estimate of drug-likeness (QED) is 0.683. The van der Waals surface area contributed by atoms with E-state index in [9.17, 15) is 14.4 Å². The number of piperidine rings is 1. The number of likely N-dealkylation sites (tertiary alicyclic amines) is 1. The van der Waals surface area contributed by atoms with Crippen LogP contribution in [0.5, 0.6) is 0 Å². The monoisotopic (exact) mass is 401 g/mol. The molecule has 0 spiro atoms. The van der Waals surface area contributed by atoms with Gasteiger partial charge >= 0.3 is 0 Å². The zero-order chi connectivity index (χ0) is 18.2. The molecule has 1 unspecified atom stereocenters. The molecule has 0 aromatic heterocycles. The van der Waals surface area contributed by atoms with Gasteiger partial charge in [0.25, 0.3) is 0 Å². The van der Waals surface area contributed by atoms with E-state index in [-0.39, 0.29) is 48.8 Å². The van der Waals surface area contributed by atoms with Gasteiger partial charge in [-0.05, 0) is 37.1 Å². The molecule has 144 valence electrons. The molecule has 26 heavy (non-hydrogen) atoms. The highest BCUT2D eigenvalue weighted by Crippen LogP contribution is 2.18. The van der Waals surface area contributed by atoms with Crippen LogP contribution >= 0.6 is 24.0 Å². The molecule has 8 heteroatoms. The summed E-state index contributed by atoms with van der Waals surface area (Å²) in [5.74, 6) is -0.422. The number of nitrogens with one attached hydrogen (secondary N) is 1. The van der Waals surface area contributed by atoms with E-state index in [0.29, 0.717) is 36.8 Å². The van der Waals surface area contributed by atoms with E-state index in [1.165, 1.54) is 0 Å². The van der Waals surface area contributed by atoms with Crippen LogP contribution in [0.2, 0.25) is 5.02 Å². The van der Waals surface area contributed by atoms with Crippen molar-refractivity contribution in [1.29, 1.82) is 0 Å². The van der Waals surface area contributed by atoms with Crippen molar-refractivity contribution in [1.82, 2.24) is 10.2 Å². The third-order valence-electron chi connectivity index (χ3n) is 4.32. The molecule has 1 aromatic carbocycles. The maximum atomic E-state index is 12.4. The standard InChI is InChI=1S/C18H24ClN3O3.ClH/c19-15-5-3-13(4-6-15)16(23)7-8-17(24)22-11-1-2-14(12-22)18(25)21-10-9-20;/h3-6,14H,1-2,7-12,20H2,(H,21,25);1H. The van der Waals surface area contributed by atoms with Crippen LogP contribution < -0.4 is 11.1 Å². The lowest BCUT2D eigenvalue weighted by Crippen LogP contribution is -2.46. The fourth-order valence-electron chi connectivity index (χ4n) is 2.92. The number of hydrogen-bond donors (Lipinski definition) is 2. The highest BCUT2D eigenvalue weighted by Gasteiger charge is 2.28. The topological polar surface area (TPSA) is 92.5 Å². The summed E-state index contributed by atoms with van der Waals surface area (Å²) in [5.41, 5.74) is 5.94. The Kier molecular flexibility index (Phi) is 9.62. The predicted molar refractivity (Wildman–Crippen MR) is 104 cm³/mol. The SMILES string of the molecule is Cl.NCCNC(=O)C1CCCN(C(=O)CCC(=O)c2ccc(Cl)cc2)C1. The van der Waals surface area contributed by atoms with Gasteiger partial charge in [0.15, 0.2) is 5.78 Å². The lowest BCUT2D eigenvalue weighted by Gasteiger charge is -2.32. The third kappa shape index (κ3) is 6.59. The fourth-order valence-corrected chi connectivity index (χ4v) is 3.04. The Bertz CT molecular complexity index is 623. The largest absolute Gasteiger partial charge is 0.355 e. The summed E-state index contributed by atoms with van der Waals surface area (Å²) >= 11 is 5.80. The minimum atomic E-state index is -0.198. The molecule has 3 N–H and O–H groups in total. The summed E-state index contributed by atoms with van der Waals surface area (Å²) in [5, 5.41) is 3.34. The van der Waals surface area contributed by atoms with Crippen molar-refractivity contribution in [3.8, 4) is 0 Å². The molecule has 1 aromatic rings. The number of carbonyl (C=O) groups excluding carboxylic acids is 3. The van der Waals surface area contributed by atoms with Crippen LogP contribution in [0.25, 0.3) is 0 Å². The van der Waals surface area contributed by atoms with Crippen LogP contribution in [-0.2, 0) is 9.59 Å². The molecule has 2 rings (SSSR count). The number of halogens is 2. The third-order valence-corrected chi connectivity index (χ3v) is 4.57. The average Bonchev–Trinajstić information content (AvgIpc) is 2.64. The van der Waals surface area contributed by atoms with Crippen LogP contribution in [0.3, 0.4) is 0 Å². The molecule has 6 nitrogen and oxygen atoms in total. The number of nitrogens with zero attached hydrogens (tertiary/aromatic N) is 1. The van der Waals surface area contributed by atoms with E-state index in [1.807, 2.05) is 0 Å². The van der Waals surface area contributed by atoms with Crippen molar-refractivity contribution in [3.63, 3.8) is 0 Å². The van der Waals surface area contributed by atoms with Gasteiger partial charge in [0.2, 0.25) is 11.8 Å². The summed E-state index contributed by atoms with van der Waals surface area (Å²) in [7, 11) is 0. The number of benzene rings is 1. The van der Waals surface area contributed by atoms with Crippen LogP contribution in [0.1, 0.15) is 36.0 Å². The molecule has 1 fully saturated rings. The van der Waals surface area contributed by atoms with Gasteiger partial charge in [0, 0.05) is 49.6 Å². The molecule has 1 atom stereocenters. The second-order valence-corrected chi connectivity index (χ2v) is 6.63. The first kappa shape index (κ1) is 22.4. The minimum absolute atomic E-state index is 0. The van der Waals surface area contributed by atoms with E-state index in [4.69, 9.17) is 17.3 Å². The highest BCUT2D eigenvalue weighted by atomic mass is 35.5. The van der Waals surface area contributed by atoms with Crippen molar-refractivity contribution < 1.29 is 14.4 Å². The van der Waals surface area contributed by atoms with Gasteiger partial charge in [-0.3, -0.25) is 14.4 Å². The average molecular weight is 402 g/mol. The second kappa shape index (κ2) is 11.2. The van der Waals surface area contributed by atoms with Gasteiger partial charge in [0.1, 0.15) is 0 Å². The van der Waals surface area contributed by atoms with Crippen molar-refractivity contribution >= 4 is 41.6 Å². The Balaban J connectivity index is 0.00000338. The van der Waals surface area contributed by atoms with Gasteiger partial charge in [-0.1, -0.05) is 11.6 Å². The predicted octanol–water partition coefficient (Wildman–Crippen LogP) is 2.04. The van der Waals surface area contributed by atoms with Gasteiger partial charge in [-0.25, -0.2) is 0 Å². The van der Waals surface area contributed by atoms with Gasteiger partial charge < -0.3 is 16.0 Å². The van der Waals surface area contributed by atoms with Crippen molar-refractivity contribution in [2.75, 3.05) is 26.2 Å². The number of ketones is 1. The van der Waals surface area contributed by atoms with Crippen LogP contribution in [0.15, 0.2) is 24.3 Å². The summed E-state index contributed by atoms with van der Waals surface area (Å²) in [4.78, 5) is 38.2. The van der Waals surface area contributed by atoms with E-state index in [2.05, 4.69) is 5.32 Å². The normalized spacial score (nSPS) is 16.5. The van der Waals surface area contributed by atoms with Gasteiger partial charge in [0.05, 0.1) is 5.92 Å². The Labute approximate surface area is 164 Å².